The molecule has 6 nitrogen and oxygen atoms in total. The zero-order valence-corrected chi connectivity index (χ0v) is 20.6. The van der Waals surface area contributed by atoms with Crippen LogP contribution in [0.15, 0.2) is 36.4 Å². The second kappa shape index (κ2) is 11.6. The molecule has 0 unspecified atom stereocenters. The van der Waals surface area contributed by atoms with E-state index >= 15 is 0 Å². The summed E-state index contributed by atoms with van der Waals surface area (Å²) in [6.07, 6.45) is 6.23. The van der Waals surface area contributed by atoms with Gasteiger partial charge < -0.3 is 19.3 Å². The largest absolute Gasteiger partial charge is 0.489 e. The van der Waals surface area contributed by atoms with Crippen LogP contribution >= 0.6 is 11.6 Å². The second-order valence-electron chi connectivity index (χ2n) is 9.01. The molecule has 0 saturated heterocycles. The van der Waals surface area contributed by atoms with Crippen LogP contribution in [0, 0.1) is 0 Å². The summed E-state index contributed by atoms with van der Waals surface area (Å²) in [5.74, 6) is 1.22. The summed E-state index contributed by atoms with van der Waals surface area (Å²) >= 11 is 6.46. The lowest BCUT2D eigenvalue weighted by Gasteiger charge is -2.29. The lowest BCUT2D eigenvalue weighted by atomic mass is 10.1. The second-order valence-corrected chi connectivity index (χ2v) is 9.42. The Morgan fingerprint density at radius 2 is 1.68 bits per heavy atom. The molecule has 2 aromatic rings. The van der Waals surface area contributed by atoms with Crippen molar-refractivity contribution in [1.29, 1.82) is 0 Å². The van der Waals surface area contributed by atoms with Gasteiger partial charge in [0.15, 0.2) is 11.5 Å². The van der Waals surface area contributed by atoms with E-state index in [0.717, 1.165) is 55.3 Å². The molecule has 2 aliphatic heterocycles. The van der Waals surface area contributed by atoms with E-state index in [1.54, 1.807) is 13.0 Å². The number of ether oxygens (including phenoxy) is 2. The summed E-state index contributed by atoms with van der Waals surface area (Å²) in [7, 11) is 0. The van der Waals surface area contributed by atoms with Gasteiger partial charge in [0.05, 0.1) is 24.7 Å². The number of anilines is 1. The number of para-hydroxylation sites is 1. The van der Waals surface area contributed by atoms with Gasteiger partial charge in [0.2, 0.25) is 11.8 Å². The van der Waals surface area contributed by atoms with E-state index in [0.29, 0.717) is 49.4 Å². The SMILES string of the molecule is CC(=O)N1CCCCCCCN(C(=O)Cc2cc(Cl)c3c(c2)OCCCO3)Cc2ccccc21. The van der Waals surface area contributed by atoms with Crippen LogP contribution in [-0.4, -0.2) is 43.0 Å². The number of halogens is 1. The molecular formula is C27H33ClN2O4. The predicted molar refractivity (Wildman–Crippen MR) is 134 cm³/mol. The minimum Gasteiger partial charge on any atom is -0.489 e. The number of benzene rings is 2. The number of carbonyl (C=O) groups excluding carboxylic acids is 2. The number of nitrogens with zero attached hydrogens (tertiary/aromatic N) is 2. The molecule has 2 aromatic carbocycles. The van der Waals surface area contributed by atoms with E-state index < -0.39 is 0 Å². The van der Waals surface area contributed by atoms with Crippen LogP contribution in [0.1, 0.15) is 56.6 Å². The van der Waals surface area contributed by atoms with Crippen molar-refractivity contribution in [2.24, 2.45) is 0 Å². The first-order chi connectivity index (χ1) is 16.5. The van der Waals surface area contributed by atoms with Crippen molar-refractivity contribution in [3.8, 4) is 11.5 Å². The molecule has 0 aromatic heterocycles. The van der Waals surface area contributed by atoms with Crippen LogP contribution in [0.2, 0.25) is 5.02 Å². The maximum absolute atomic E-state index is 13.5. The topological polar surface area (TPSA) is 59.1 Å². The summed E-state index contributed by atoms with van der Waals surface area (Å²) in [6.45, 7) is 4.60. The first kappa shape index (κ1) is 24.4. The smallest absolute Gasteiger partial charge is 0.227 e. The fraction of sp³-hybridized carbons (Fsp3) is 0.481. The number of fused-ring (bicyclic) bond motifs is 2. The molecule has 4 rings (SSSR count). The van der Waals surface area contributed by atoms with Crippen LogP contribution in [0.25, 0.3) is 0 Å². The molecule has 0 aliphatic carbocycles. The van der Waals surface area contributed by atoms with Gasteiger partial charge in [-0.2, -0.15) is 0 Å². The van der Waals surface area contributed by atoms with Crippen LogP contribution in [0.4, 0.5) is 5.69 Å². The van der Waals surface area contributed by atoms with Crippen LogP contribution in [0.5, 0.6) is 11.5 Å². The fourth-order valence-corrected chi connectivity index (χ4v) is 4.92. The normalized spacial score (nSPS) is 17.1. The zero-order chi connectivity index (χ0) is 23.9. The Hall–Kier alpha value is -2.73. The van der Waals surface area contributed by atoms with E-state index in [1.165, 1.54) is 0 Å². The van der Waals surface area contributed by atoms with Gasteiger partial charge in [0.25, 0.3) is 0 Å². The molecule has 0 bridgehead atoms. The molecule has 0 fully saturated rings. The Labute approximate surface area is 206 Å². The quantitative estimate of drug-likeness (QED) is 0.573. The van der Waals surface area contributed by atoms with Gasteiger partial charge in [-0.1, -0.05) is 49.1 Å². The molecule has 0 saturated carbocycles. The number of rotatable bonds is 2. The van der Waals surface area contributed by atoms with Gasteiger partial charge in [-0.3, -0.25) is 9.59 Å². The number of amides is 2. The summed E-state index contributed by atoms with van der Waals surface area (Å²) in [4.78, 5) is 29.7. The van der Waals surface area contributed by atoms with E-state index in [2.05, 4.69) is 0 Å². The van der Waals surface area contributed by atoms with E-state index in [-0.39, 0.29) is 18.2 Å². The molecular weight excluding hydrogens is 452 g/mol. The van der Waals surface area contributed by atoms with Crippen molar-refractivity contribution in [3.05, 3.63) is 52.5 Å². The number of hydrogen-bond acceptors (Lipinski definition) is 4. The molecule has 2 amide bonds. The Kier molecular flexibility index (Phi) is 8.33. The average Bonchev–Trinajstić information content (AvgIpc) is 3.05. The minimum absolute atomic E-state index is 0.0317. The van der Waals surface area contributed by atoms with Gasteiger partial charge in [0.1, 0.15) is 0 Å². The predicted octanol–water partition coefficient (Wildman–Crippen LogP) is 5.39. The molecule has 34 heavy (non-hydrogen) atoms. The summed E-state index contributed by atoms with van der Waals surface area (Å²) in [5.41, 5.74) is 2.69. The zero-order valence-electron chi connectivity index (χ0n) is 19.9. The summed E-state index contributed by atoms with van der Waals surface area (Å²) in [5, 5.41) is 0.471. The van der Waals surface area contributed by atoms with Gasteiger partial charge >= 0.3 is 0 Å². The molecule has 0 spiro atoms. The number of hydrogen-bond donors (Lipinski definition) is 0. The van der Waals surface area contributed by atoms with Gasteiger partial charge in [0, 0.05) is 38.7 Å². The van der Waals surface area contributed by atoms with Gasteiger partial charge in [-0.25, -0.2) is 0 Å². The van der Waals surface area contributed by atoms with Crippen molar-refractivity contribution in [1.82, 2.24) is 4.90 Å². The third-order valence-electron chi connectivity index (χ3n) is 6.40. The number of carbonyl (C=O) groups is 2. The highest BCUT2D eigenvalue weighted by atomic mass is 35.5. The van der Waals surface area contributed by atoms with Gasteiger partial charge in [-0.15, -0.1) is 0 Å². The van der Waals surface area contributed by atoms with Crippen LogP contribution in [0.3, 0.4) is 0 Å². The van der Waals surface area contributed by atoms with Crippen molar-refractivity contribution < 1.29 is 19.1 Å². The van der Waals surface area contributed by atoms with E-state index in [9.17, 15) is 9.59 Å². The third kappa shape index (κ3) is 6.03. The Balaban J connectivity index is 1.58. The van der Waals surface area contributed by atoms with E-state index in [4.69, 9.17) is 21.1 Å². The van der Waals surface area contributed by atoms with Crippen molar-refractivity contribution >= 4 is 29.1 Å². The van der Waals surface area contributed by atoms with Crippen molar-refractivity contribution in [2.75, 3.05) is 31.2 Å². The molecule has 2 aliphatic rings. The highest BCUT2D eigenvalue weighted by molar-refractivity contribution is 6.32. The Morgan fingerprint density at radius 1 is 0.941 bits per heavy atom. The van der Waals surface area contributed by atoms with Gasteiger partial charge in [-0.05, 0) is 42.2 Å². The minimum atomic E-state index is 0.0317. The molecule has 2 heterocycles. The maximum atomic E-state index is 13.5. The molecule has 0 N–H and O–H groups in total. The molecule has 0 radical (unpaired) electrons. The fourth-order valence-electron chi connectivity index (χ4n) is 4.63. The standard InChI is InChI=1S/C27H33ClN2O4/c1-20(31)30-13-8-4-2-3-7-12-29(19-22-10-5-6-11-24(22)30)26(32)18-21-16-23(28)27-25(17-21)33-14-9-15-34-27/h5-6,10-11,16-17H,2-4,7-9,12-15,18-19H2,1H3. The first-order valence-corrected chi connectivity index (χ1v) is 12.6. The first-order valence-electron chi connectivity index (χ1n) is 12.2. The van der Waals surface area contributed by atoms with E-state index in [1.807, 2.05) is 40.1 Å². The van der Waals surface area contributed by atoms with Crippen molar-refractivity contribution in [2.45, 2.75) is 58.4 Å². The lowest BCUT2D eigenvalue weighted by Crippen LogP contribution is -2.35. The molecule has 182 valence electrons. The Morgan fingerprint density at radius 3 is 2.50 bits per heavy atom. The molecule has 0 atom stereocenters. The highest BCUT2D eigenvalue weighted by Crippen LogP contribution is 2.38. The molecule has 7 heteroatoms. The van der Waals surface area contributed by atoms with Crippen LogP contribution in [-0.2, 0) is 22.6 Å². The monoisotopic (exact) mass is 484 g/mol. The van der Waals surface area contributed by atoms with Crippen molar-refractivity contribution in [3.63, 3.8) is 0 Å². The maximum Gasteiger partial charge on any atom is 0.227 e. The lowest BCUT2D eigenvalue weighted by molar-refractivity contribution is -0.131. The summed E-state index contributed by atoms with van der Waals surface area (Å²) in [6, 6.07) is 11.6. The third-order valence-corrected chi connectivity index (χ3v) is 6.68. The van der Waals surface area contributed by atoms with Crippen LogP contribution < -0.4 is 14.4 Å². The highest BCUT2D eigenvalue weighted by Gasteiger charge is 2.22. The average molecular weight is 485 g/mol. The summed E-state index contributed by atoms with van der Waals surface area (Å²) < 4.78 is 11.5. The Bertz CT molecular complexity index is 1030.